The van der Waals surface area contributed by atoms with Gasteiger partial charge in [-0.25, -0.2) is 9.59 Å². The average Bonchev–Trinajstić information content (AvgIpc) is 2.53. The molecule has 0 amide bonds. The Hall–Kier alpha value is -3.20. The number of rotatable bonds is 6. The lowest BCUT2D eigenvalue weighted by molar-refractivity contribution is 0.0695. The van der Waals surface area contributed by atoms with E-state index in [1.165, 1.54) is 19.2 Å². The van der Waals surface area contributed by atoms with Crippen LogP contribution in [0.1, 0.15) is 34.6 Å². The van der Waals surface area contributed by atoms with Crippen LogP contribution in [0, 0.1) is 0 Å². The number of halogens is 1. The molecule has 0 radical (unpaired) electrons. The number of nitrogens with one attached hydrogen (secondary N) is 1. The Labute approximate surface area is 158 Å². The normalized spacial score (nSPS) is 10.7. The molecule has 0 bridgehead atoms. The van der Waals surface area contributed by atoms with Crippen molar-refractivity contribution in [3.63, 3.8) is 0 Å². The fourth-order valence-corrected chi connectivity index (χ4v) is 2.79. The van der Waals surface area contributed by atoms with Crippen LogP contribution in [0.4, 0.5) is 5.82 Å². The highest BCUT2D eigenvalue weighted by atomic mass is 35.5. The Morgan fingerprint density at radius 2 is 1.78 bits per heavy atom. The van der Waals surface area contributed by atoms with Gasteiger partial charge in [0.1, 0.15) is 16.9 Å². The molecule has 0 aliphatic carbocycles. The van der Waals surface area contributed by atoms with Crippen LogP contribution in [0.5, 0.6) is 11.5 Å². The number of carbonyl (C=O) groups is 2. The second-order valence-electron chi connectivity index (χ2n) is 5.75. The van der Waals surface area contributed by atoms with Crippen LogP contribution in [0.25, 0.3) is 11.1 Å². The second kappa shape index (κ2) is 7.58. The van der Waals surface area contributed by atoms with Gasteiger partial charge >= 0.3 is 11.9 Å². The third kappa shape index (κ3) is 3.82. The summed E-state index contributed by atoms with van der Waals surface area (Å²) < 4.78 is 10.9. The van der Waals surface area contributed by atoms with Gasteiger partial charge < -0.3 is 30.4 Å². The van der Waals surface area contributed by atoms with E-state index >= 15 is 0 Å². The molecule has 0 atom stereocenters. The van der Waals surface area contributed by atoms with Crippen molar-refractivity contribution in [3.8, 4) is 22.6 Å². The predicted octanol–water partition coefficient (Wildman–Crippen LogP) is 2.47. The third-order valence-electron chi connectivity index (χ3n) is 3.53. The van der Waals surface area contributed by atoms with Crippen LogP contribution in [-0.2, 0) is 0 Å². The highest BCUT2D eigenvalue weighted by Gasteiger charge is 2.30. The third-order valence-corrected chi connectivity index (χ3v) is 3.75. The second-order valence-corrected chi connectivity index (χ2v) is 6.19. The van der Waals surface area contributed by atoms with E-state index in [1.807, 2.05) is 4.98 Å². The number of benzene rings is 1. The molecule has 2 aromatic rings. The number of hydrogen-bond donors (Lipinski definition) is 4. The molecule has 1 aromatic carbocycles. The van der Waals surface area contributed by atoms with E-state index in [2.05, 4.69) is 0 Å². The van der Waals surface area contributed by atoms with E-state index in [0.29, 0.717) is 0 Å². The first-order valence-corrected chi connectivity index (χ1v) is 8.03. The van der Waals surface area contributed by atoms with Gasteiger partial charge in [0.15, 0.2) is 11.5 Å². The lowest BCUT2D eigenvalue weighted by atomic mass is 9.94. The monoisotopic (exact) mass is 396 g/mol. The molecule has 0 saturated carbocycles. The van der Waals surface area contributed by atoms with E-state index in [-0.39, 0.29) is 28.2 Å². The molecule has 0 fully saturated rings. The van der Waals surface area contributed by atoms with Crippen molar-refractivity contribution in [1.82, 2.24) is 4.98 Å². The van der Waals surface area contributed by atoms with E-state index in [4.69, 9.17) is 26.8 Å². The fourth-order valence-electron chi connectivity index (χ4n) is 2.58. The Morgan fingerprint density at radius 3 is 2.26 bits per heavy atom. The van der Waals surface area contributed by atoms with Crippen molar-refractivity contribution in [2.24, 2.45) is 0 Å². The molecular weight excluding hydrogens is 380 g/mol. The highest BCUT2D eigenvalue weighted by Crippen LogP contribution is 2.44. The zero-order valence-corrected chi connectivity index (χ0v) is 15.4. The number of carboxylic acids is 2. The van der Waals surface area contributed by atoms with E-state index < -0.39 is 40.0 Å². The van der Waals surface area contributed by atoms with Gasteiger partial charge in [0.25, 0.3) is 5.56 Å². The molecule has 10 heteroatoms. The molecule has 1 heterocycles. The Kier molecular flexibility index (Phi) is 5.65. The SMILES string of the molecule is COc1cc(Cl)cc(-c2c(C(=O)O)c(N)[nH]c(=O)c2C(=O)O)c1OC(C)C. The quantitative estimate of drug-likeness (QED) is 0.581. The summed E-state index contributed by atoms with van der Waals surface area (Å²) in [6.07, 6.45) is -0.375. The van der Waals surface area contributed by atoms with Gasteiger partial charge in [-0.15, -0.1) is 0 Å². The van der Waals surface area contributed by atoms with Crippen LogP contribution >= 0.6 is 11.6 Å². The lowest BCUT2D eigenvalue weighted by Gasteiger charge is -2.20. The number of aromatic carboxylic acids is 2. The Balaban J connectivity index is 3.09. The molecule has 0 unspecified atom stereocenters. The minimum absolute atomic E-state index is 0.0342. The van der Waals surface area contributed by atoms with Gasteiger partial charge in [-0.1, -0.05) is 11.6 Å². The van der Waals surface area contributed by atoms with Crippen molar-refractivity contribution in [2.45, 2.75) is 20.0 Å². The average molecular weight is 397 g/mol. The topological polar surface area (TPSA) is 152 Å². The number of nitrogens with two attached hydrogens (primary N) is 1. The standard InChI is InChI=1S/C17H17ClN2O7/c1-6(2)27-13-8(4-7(18)5-9(13)26-3)10-11(16(22)23)14(19)20-15(21)12(10)17(24)25/h4-6H,1-3H3,(H,22,23)(H,24,25)(H3,19,20,21). The number of methoxy groups -OCH3 is 1. The molecule has 9 nitrogen and oxygen atoms in total. The minimum Gasteiger partial charge on any atom is -0.493 e. The summed E-state index contributed by atoms with van der Waals surface area (Å²) in [5, 5.41) is 19.2. The maximum Gasteiger partial charge on any atom is 0.342 e. The number of anilines is 1. The number of aromatic amines is 1. The highest BCUT2D eigenvalue weighted by molar-refractivity contribution is 6.31. The molecule has 5 N–H and O–H groups in total. The zero-order chi connectivity index (χ0) is 20.5. The van der Waals surface area contributed by atoms with Gasteiger partial charge in [-0.05, 0) is 19.9 Å². The van der Waals surface area contributed by atoms with Crippen LogP contribution in [-0.4, -0.2) is 40.3 Å². The van der Waals surface area contributed by atoms with Crippen molar-refractivity contribution in [2.75, 3.05) is 12.8 Å². The Bertz CT molecular complexity index is 982. The summed E-state index contributed by atoms with van der Waals surface area (Å²) in [5.41, 5.74) is 2.73. The van der Waals surface area contributed by atoms with Gasteiger partial charge in [0.2, 0.25) is 0 Å². The fraction of sp³-hybridized carbons (Fsp3) is 0.235. The van der Waals surface area contributed by atoms with Gasteiger partial charge in [-0.2, -0.15) is 0 Å². The van der Waals surface area contributed by atoms with Crippen molar-refractivity contribution in [3.05, 3.63) is 38.6 Å². The molecule has 0 aliphatic rings. The van der Waals surface area contributed by atoms with E-state index in [1.54, 1.807) is 13.8 Å². The van der Waals surface area contributed by atoms with Crippen LogP contribution in [0.15, 0.2) is 16.9 Å². The van der Waals surface area contributed by atoms with Crippen LogP contribution in [0.3, 0.4) is 0 Å². The molecule has 1 aromatic heterocycles. The van der Waals surface area contributed by atoms with Gasteiger partial charge in [-0.3, -0.25) is 4.79 Å². The van der Waals surface area contributed by atoms with E-state index in [0.717, 1.165) is 0 Å². The number of ether oxygens (including phenoxy) is 2. The first kappa shape index (κ1) is 20.1. The molecule has 0 aliphatic heterocycles. The Morgan fingerprint density at radius 1 is 1.19 bits per heavy atom. The summed E-state index contributed by atoms with van der Waals surface area (Å²) in [6.45, 7) is 3.42. The number of pyridine rings is 1. The largest absolute Gasteiger partial charge is 0.493 e. The molecule has 27 heavy (non-hydrogen) atoms. The summed E-state index contributed by atoms with van der Waals surface area (Å²) in [6, 6.07) is 2.70. The minimum atomic E-state index is -1.64. The van der Waals surface area contributed by atoms with Crippen LogP contribution < -0.4 is 20.8 Å². The molecular formula is C17H17ClN2O7. The zero-order valence-electron chi connectivity index (χ0n) is 14.6. The van der Waals surface area contributed by atoms with Crippen molar-refractivity contribution >= 4 is 29.4 Å². The van der Waals surface area contributed by atoms with Gasteiger partial charge in [0, 0.05) is 22.2 Å². The lowest BCUT2D eigenvalue weighted by Crippen LogP contribution is -2.24. The maximum absolute atomic E-state index is 12.2. The number of H-pyrrole nitrogens is 1. The van der Waals surface area contributed by atoms with Crippen molar-refractivity contribution in [1.29, 1.82) is 0 Å². The summed E-state index contributed by atoms with van der Waals surface area (Å²) >= 11 is 6.08. The summed E-state index contributed by atoms with van der Waals surface area (Å²) in [7, 11) is 1.34. The number of hydrogen-bond acceptors (Lipinski definition) is 6. The molecule has 0 spiro atoms. The summed E-state index contributed by atoms with van der Waals surface area (Å²) in [4.78, 5) is 37.7. The number of aromatic nitrogens is 1. The number of carboxylic acid groups (broad SMARTS) is 2. The molecule has 2 rings (SSSR count). The van der Waals surface area contributed by atoms with Gasteiger partial charge in [0.05, 0.1) is 13.2 Å². The maximum atomic E-state index is 12.2. The summed E-state index contributed by atoms with van der Waals surface area (Å²) in [5.74, 6) is -3.49. The first-order chi connectivity index (χ1) is 12.6. The first-order valence-electron chi connectivity index (χ1n) is 7.65. The number of nitrogen functional groups attached to an aromatic ring is 1. The smallest absolute Gasteiger partial charge is 0.342 e. The molecule has 144 valence electrons. The van der Waals surface area contributed by atoms with Crippen LogP contribution in [0.2, 0.25) is 5.02 Å². The van der Waals surface area contributed by atoms with E-state index in [9.17, 15) is 24.6 Å². The predicted molar refractivity (Wildman–Crippen MR) is 98.2 cm³/mol. The molecule has 0 saturated heterocycles. The van der Waals surface area contributed by atoms with Crippen molar-refractivity contribution < 1.29 is 29.3 Å².